The van der Waals surface area contributed by atoms with E-state index in [1.165, 1.54) is 12.1 Å². The SMILES string of the molecule is CC1=Cc2cc([N+](=O)[O-])ccc2OC12C=Cc1c(ccc3ccccc13)O2. The molecule has 3 aromatic rings. The Morgan fingerprint density at radius 1 is 1.00 bits per heavy atom. The molecule has 1 spiro atoms. The van der Waals surface area contributed by atoms with Crippen molar-refractivity contribution in [2.75, 3.05) is 0 Å². The summed E-state index contributed by atoms with van der Waals surface area (Å²) in [5, 5.41) is 13.3. The highest BCUT2D eigenvalue weighted by Crippen LogP contribution is 2.44. The molecule has 1 unspecified atom stereocenters. The number of nitrogens with zero attached hydrogens (tertiary/aromatic N) is 1. The number of rotatable bonds is 1. The average molecular weight is 357 g/mol. The molecule has 0 fully saturated rings. The standard InChI is InChI=1S/C22H15NO4/c1-14-12-16-13-17(23(24)25)7-9-20(16)26-22(14)11-10-19-18-5-3-2-4-15(18)6-8-21(19)27-22/h2-13H,1H3. The van der Waals surface area contributed by atoms with Gasteiger partial charge in [-0.3, -0.25) is 10.1 Å². The lowest BCUT2D eigenvalue weighted by atomic mass is 9.94. The van der Waals surface area contributed by atoms with Gasteiger partial charge in [0.25, 0.3) is 11.5 Å². The zero-order chi connectivity index (χ0) is 18.6. The third kappa shape index (κ3) is 2.32. The number of fused-ring (bicyclic) bond motifs is 4. The van der Waals surface area contributed by atoms with Crippen molar-refractivity contribution in [2.45, 2.75) is 12.7 Å². The third-order valence-electron chi connectivity index (χ3n) is 5.05. The van der Waals surface area contributed by atoms with E-state index in [4.69, 9.17) is 9.47 Å². The van der Waals surface area contributed by atoms with Crippen molar-refractivity contribution in [3.05, 3.63) is 87.5 Å². The highest BCUT2D eigenvalue weighted by molar-refractivity contribution is 5.94. The zero-order valence-electron chi connectivity index (χ0n) is 14.5. The van der Waals surface area contributed by atoms with Gasteiger partial charge in [-0.15, -0.1) is 0 Å². The summed E-state index contributed by atoms with van der Waals surface area (Å²) in [7, 11) is 0. The minimum absolute atomic E-state index is 0.0364. The topological polar surface area (TPSA) is 61.6 Å². The van der Waals surface area contributed by atoms with Crippen molar-refractivity contribution < 1.29 is 14.4 Å². The fraction of sp³-hybridized carbons (Fsp3) is 0.0909. The maximum absolute atomic E-state index is 11.0. The first-order chi connectivity index (χ1) is 13.1. The molecule has 0 saturated carbocycles. The number of hydrogen-bond donors (Lipinski definition) is 0. The Morgan fingerprint density at radius 2 is 1.78 bits per heavy atom. The molecule has 3 aromatic carbocycles. The molecule has 5 nitrogen and oxygen atoms in total. The second kappa shape index (κ2) is 5.45. The predicted molar refractivity (Wildman–Crippen MR) is 104 cm³/mol. The van der Waals surface area contributed by atoms with Gasteiger partial charge in [-0.2, -0.15) is 0 Å². The van der Waals surface area contributed by atoms with Crippen LogP contribution in [0.1, 0.15) is 18.1 Å². The molecule has 0 aromatic heterocycles. The molecule has 0 aliphatic carbocycles. The van der Waals surface area contributed by atoms with Crippen molar-refractivity contribution in [3.63, 3.8) is 0 Å². The van der Waals surface area contributed by atoms with E-state index in [1.54, 1.807) is 6.07 Å². The predicted octanol–water partition coefficient (Wildman–Crippen LogP) is 5.35. The van der Waals surface area contributed by atoms with Crippen LogP contribution in [0.15, 0.2) is 66.2 Å². The minimum atomic E-state index is -1.04. The first kappa shape index (κ1) is 15.6. The summed E-state index contributed by atoms with van der Waals surface area (Å²) in [6.07, 6.45) is 5.80. The van der Waals surface area contributed by atoms with Crippen LogP contribution in [0.2, 0.25) is 0 Å². The van der Waals surface area contributed by atoms with E-state index in [-0.39, 0.29) is 5.69 Å². The molecule has 0 saturated heterocycles. The van der Waals surface area contributed by atoms with Gasteiger partial charge in [0.1, 0.15) is 11.5 Å². The summed E-state index contributed by atoms with van der Waals surface area (Å²) in [6, 6.07) is 16.7. The molecule has 0 bridgehead atoms. The molecule has 2 aliphatic rings. The third-order valence-corrected chi connectivity index (χ3v) is 5.05. The van der Waals surface area contributed by atoms with Crippen LogP contribution in [0.25, 0.3) is 22.9 Å². The Morgan fingerprint density at radius 3 is 2.63 bits per heavy atom. The molecule has 0 N–H and O–H groups in total. The summed E-state index contributed by atoms with van der Waals surface area (Å²) in [6.45, 7) is 1.90. The molecular formula is C22H15NO4. The van der Waals surface area contributed by atoms with Crippen molar-refractivity contribution in [3.8, 4) is 11.5 Å². The molecule has 132 valence electrons. The molecule has 2 aliphatic heterocycles. The quantitative estimate of drug-likeness (QED) is 0.435. The van der Waals surface area contributed by atoms with E-state index in [1.807, 2.05) is 49.4 Å². The molecule has 5 heteroatoms. The number of hydrogen-bond acceptors (Lipinski definition) is 4. The molecule has 5 rings (SSSR count). The summed E-state index contributed by atoms with van der Waals surface area (Å²) in [5.74, 6) is 0.257. The van der Waals surface area contributed by atoms with Gasteiger partial charge in [0, 0.05) is 34.9 Å². The first-order valence-electron chi connectivity index (χ1n) is 8.62. The van der Waals surface area contributed by atoms with Crippen molar-refractivity contribution in [1.29, 1.82) is 0 Å². The smallest absolute Gasteiger partial charge is 0.294 e. The summed E-state index contributed by atoms with van der Waals surface area (Å²) >= 11 is 0. The average Bonchev–Trinajstić information content (AvgIpc) is 2.68. The zero-order valence-corrected chi connectivity index (χ0v) is 14.5. The number of nitro groups is 1. The second-order valence-electron chi connectivity index (χ2n) is 6.71. The number of ether oxygens (including phenoxy) is 2. The van der Waals surface area contributed by atoms with Gasteiger partial charge in [-0.05, 0) is 42.0 Å². The summed E-state index contributed by atoms with van der Waals surface area (Å²) < 4.78 is 12.5. The summed E-state index contributed by atoms with van der Waals surface area (Å²) in [4.78, 5) is 10.6. The second-order valence-corrected chi connectivity index (χ2v) is 6.71. The number of benzene rings is 3. The van der Waals surface area contributed by atoms with Gasteiger partial charge in [0.2, 0.25) is 0 Å². The molecule has 27 heavy (non-hydrogen) atoms. The maximum atomic E-state index is 11.0. The van der Waals surface area contributed by atoms with E-state index < -0.39 is 10.7 Å². The van der Waals surface area contributed by atoms with E-state index in [2.05, 4.69) is 12.1 Å². The normalized spacial score (nSPS) is 19.7. The van der Waals surface area contributed by atoms with Gasteiger partial charge in [-0.25, -0.2) is 0 Å². The lowest BCUT2D eigenvalue weighted by Crippen LogP contribution is -2.44. The fourth-order valence-corrected chi connectivity index (χ4v) is 3.63. The van der Waals surface area contributed by atoms with E-state index in [0.29, 0.717) is 11.3 Å². The van der Waals surface area contributed by atoms with Gasteiger partial charge >= 0.3 is 0 Å². The van der Waals surface area contributed by atoms with Crippen LogP contribution in [0.3, 0.4) is 0 Å². The fourth-order valence-electron chi connectivity index (χ4n) is 3.63. The molecule has 0 radical (unpaired) electrons. The first-order valence-corrected chi connectivity index (χ1v) is 8.62. The molecule has 2 heterocycles. The van der Waals surface area contributed by atoms with Crippen LogP contribution in [0.4, 0.5) is 5.69 Å². The van der Waals surface area contributed by atoms with Crippen molar-refractivity contribution in [2.24, 2.45) is 0 Å². The van der Waals surface area contributed by atoms with Crippen LogP contribution in [-0.2, 0) is 0 Å². The maximum Gasteiger partial charge on any atom is 0.294 e. The van der Waals surface area contributed by atoms with Crippen molar-refractivity contribution >= 4 is 28.6 Å². The van der Waals surface area contributed by atoms with Gasteiger partial charge in [0.15, 0.2) is 0 Å². The van der Waals surface area contributed by atoms with Crippen LogP contribution in [0, 0.1) is 10.1 Å². The van der Waals surface area contributed by atoms with Crippen LogP contribution in [-0.4, -0.2) is 10.7 Å². The molecule has 0 amide bonds. The number of nitro benzene ring substituents is 1. The lowest BCUT2D eigenvalue weighted by molar-refractivity contribution is -0.384. The van der Waals surface area contributed by atoms with Crippen LogP contribution < -0.4 is 9.47 Å². The highest BCUT2D eigenvalue weighted by Gasteiger charge is 2.40. The molecule has 1 atom stereocenters. The minimum Gasteiger partial charge on any atom is -0.444 e. The van der Waals surface area contributed by atoms with Gasteiger partial charge in [-0.1, -0.05) is 30.3 Å². The van der Waals surface area contributed by atoms with Crippen LogP contribution >= 0.6 is 0 Å². The summed E-state index contributed by atoms with van der Waals surface area (Å²) in [5.41, 5.74) is 2.55. The van der Waals surface area contributed by atoms with Crippen molar-refractivity contribution in [1.82, 2.24) is 0 Å². The number of non-ortho nitro benzene ring substituents is 1. The van der Waals surface area contributed by atoms with Gasteiger partial charge < -0.3 is 9.47 Å². The Labute approximate surface area is 155 Å². The van der Waals surface area contributed by atoms with E-state index in [9.17, 15) is 10.1 Å². The monoisotopic (exact) mass is 357 g/mol. The van der Waals surface area contributed by atoms with Crippen LogP contribution in [0.5, 0.6) is 11.5 Å². The van der Waals surface area contributed by atoms with E-state index >= 15 is 0 Å². The molecular weight excluding hydrogens is 342 g/mol. The Kier molecular flexibility index (Phi) is 3.15. The van der Waals surface area contributed by atoms with Gasteiger partial charge in [0.05, 0.1) is 4.92 Å². The highest BCUT2D eigenvalue weighted by atomic mass is 16.7. The Hall–Kier alpha value is -3.60. The Bertz CT molecular complexity index is 1180. The lowest BCUT2D eigenvalue weighted by Gasteiger charge is -2.38. The van der Waals surface area contributed by atoms with E-state index in [0.717, 1.165) is 27.7 Å². The largest absolute Gasteiger partial charge is 0.444 e. The Balaban J connectivity index is 1.60.